The van der Waals surface area contributed by atoms with E-state index in [9.17, 15) is 0 Å². The third-order valence-corrected chi connectivity index (χ3v) is 1.60. The number of thiocarbonyl (C=S) groups is 1. The van der Waals surface area contributed by atoms with E-state index in [0.717, 1.165) is 13.1 Å². The highest BCUT2D eigenvalue weighted by atomic mass is 35.5. The molecule has 0 aromatic carbocycles. The Labute approximate surface area is 81.4 Å². The predicted octanol–water partition coefficient (Wildman–Crippen LogP) is 2.58. The minimum atomic E-state index is 0. The van der Waals surface area contributed by atoms with Gasteiger partial charge >= 0.3 is 0 Å². The molecule has 0 heterocycles. The summed E-state index contributed by atoms with van der Waals surface area (Å²) in [4.78, 5) is 0. The molecule has 0 bridgehead atoms. The zero-order valence-electron chi connectivity index (χ0n) is 7.14. The van der Waals surface area contributed by atoms with E-state index in [0.29, 0.717) is 0 Å². The lowest BCUT2D eigenvalue weighted by Gasteiger charge is -1.99. The van der Waals surface area contributed by atoms with Crippen LogP contribution in [0.1, 0.15) is 32.6 Å². The van der Waals surface area contributed by atoms with Crippen LogP contribution in [0.5, 0.6) is 0 Å². The van der Waals surface area contributed by atoms with Crippen LogP contribution in [-0.2, 0) is 0 Å². The van der Waals surface area contributed by atoms with Crippen molar-refractivity contribution >= 4 is 30.0 Å². The van der Waals surface area contributed by atoms with Crippen LogP contribution >= 0.6 is 24.6 Å². The van der Waals surface area contributed by atoms with E-state index in [-0.39, 0.29) is 12.4 Å². The average molecular weight is 196 g/mol. The van der Waals surface area contributed by atoms with Gasteiger partial charge in [0.25, 0.3) is 0 Å². The average Bonchev–Trinajstić information content (AvgIpc) is 1.97. The molecule has 0 saturated carbocycles. The van der Waals surface area contributed by atoms with Crippen molar-refractivity contribution in [3.05, 3.63) is 0 Å². The molecule has 68 valence electrons. The Morgan fingerprint density at radius 2 is 2.00 bits per heavy atom. The van der Waals surface area contributed by atoms with Gasteiger partial charge in [0.05, 0.1) is 0 Å². The molecule has 0 amide bonds. The Morgan fingerprint density at radius 1 is 1.27 bits per heavy atom. The summed E-state index contributed by atoms with van der Waals surface area (Å²) in [5.74, 6) is 0. The van der Waals surface area contributed by atoms with Crippen LogP contribution in [0.15, 0.2) is 0 Å². The molecule has 0 radical (unpaired) electrons. The van der Waals surface area contributed by atoms with E-state index in [1.54, 1.807) is 5.37 Å². The summed E-state index contributed by atoms with van der Waals surface area (Å²) >= 11 is 4.67. The van der Waals surface area contributed by atoms with Crippen LogP contribution in [0.3, 0.4) is 0 Å². The normalized spacial score (nSPS) is 8.82. The highest BCUT2D eigenvalue weighted by molar-refractivity contribution is 7.79. The van der Waals surface area contributed by atoms with Crippen molar-refractivity contribution in [2.45, 2.75) is 32.6 Å². The van der Waals surface area contributed by atoms with Gasteiger partial charge in [0.1, 0.15) is 0 Å². The smallest absolute Gasteiger partial charge is 0.0238 e. The summed E-state index contributed by atoms with van der Waals surface area (Å²) in [5.41, 5.74) is 0. The molecule has 0 aromatic heterocycles. The van der Waals surface area contributed by atoms with Gasteiger partial charge in [0.2, 0.25) is 0 Å². The van der Waals surface area contributed by atoms with Crippen LogP contribution in [0.4, 0.5) is 0 Å². The summed E-state index contributed by atoms with van der Waals surface area (Å²) in [5, 5.41) is 4.97. The lowest BCUT2D eigenvalue weighted by molar-refractivity contribution is 0.627. The number of halogens is 1. The highest BCUT2D eigenvalue weighted by Gasteiger charge is 1.85. The quantitative estimate of drug-likeness (QED) is 0.495. The van der Waals surface area contributed by atoms with Crippen LogP contribution in [-0.4, -0.2) is 18.5 Å². The molecule has 0 spiro atoms. The second kappa shape index (κ2) is 13.0. The van der Waals surface area contributed by atoms with Gasteiger partial charge in [-0.25, -0.2) is 0 Å². The molecule has 3 heteroatoms. The lowest BCUT2D eigenvalue weighted by Crippen LogP contribution is -2.16. The first-order valence-corrected chi connectivity index (χ1v) is 4.53. The number of unbranched alkanes of at least 4 members (excludes halogenated alkanes) is 3. The van der Waals surface area contributed by atoms with Gasteiger partial charge in [-0.3, -0.25) is 0 Å². The first-order valence-electron chi connectivity index (χ1n) is 4.06. The largest absolute Gasteiger partial charge is 0.312 e. The fraction of sp³-hybridized carbons (Fsp3) is 0.875. The van der Waals surface area contributed by atoms with Gasteiger partial charge in [-0.1, -0.05) is 38.4 Å². The van der Waals surface area contributed by atoms with E-state index in [1.807, 2.05) is 0 Å². The molecule has 0 aliphatic carbocycles. The molecular weight excluding hydrogens is 178 g/mol. The van der Waals surface area contributed by atoms with Crippen LogP contribution in [0.2, 0.25) is 0 Å². The van der Waals surface area contributed by atoms with E-state index >= 15 is 0 Å². The fourth-order valence-corrected chi connectivity index (χ4v) is 0.956. The maximum Gasteiger partial charge on any atom is 0.0238 e. The van der Waals surface area contributed by atoms with Crippen molar-refractivity contribution in [2.24, 2.45) is 0 Å². The standard InChI is InChI=1S/C8H17NS.ClH/c1-2-3-4-5-6-9-7-8-10;/h8-9H,2-7H2,1H3;1H. The number of hydrogen-bond acceptors (Lipinski definition) is 2. The van der Waals surface area contributed by atoms with Gasteiger partial charge in [-0.15, -0.1) is 12.4 Å². The SMILES string of the molecule is CCCCCCNCC=S.Cl. The van der Waals surface area contributed by atoms with Gasteiger partial charge in [-0.05, 0) is 18.3 Å². The minimum Gasteiger partial charge on any atom is -0.312 e. The molecule has 0 aliphatic heterocycles. The second-order valence-electron chi connectivity index (χ2n) is 2.43. The summed E-state index contributed by atoms with van der Waals surface area (Å²) in [6.07, 6.45) is 5.31. The monoisotopic (exact) mass is 195 g/mol. The second-order valence-corrected chi connectivity index (χ2v) is 2.76. The van der Waals surface area contributed by atoms with E-state index in [1.165, 1.54) is 25.7 Å². The Bertz CT molecular complexity index is 78.5. The molecule has 11 heavy (non-hydrogen) atoms. The zero-order chi connectivity index (χ0) is 7.66. The number of rotatable bonds is 7. The zero-order valence-corrected chi connectivity index (χ0v) is 8.77. The molecule has 0 atom stereocenters. The summed E-state index contributed by atoms with van der Waals surface area (Å²) in [6.45, 7) is 4.22. The topological polar surface area (TPSA) is 12.0 Å². The minimum absolute atomic E-state index is 0. The maximum atomic E-state index is 4.67. The lowest BCUT2D eigenvalue weighted by atomic mass is 10.2. The maximum absolute atomic E-state index is 4.67. The van der Waals surface area contributed by atoms with Crippen molar-refractivity contribution < 1.29 is 0 Å². The van der Waals surface area contributed by atoms with Crippen molar-refractivity contribution in [3.8, 4) is 0 Å². The summed E-state index contributed by atoms with van der Waals surface area (Å²) in [7, 11) is 0. The summed E-state index contributed by atoms with van der Waals surface area (Å²) < 4.78 is 0. The third kappa shape index (κ3) is 13.3. The van der Waals surface area contributed by atoms with Crippen LogP contribution < -0.4 is 5.32 Å². The highest BCUT2D eigenvalue weighted by Crippen LogP contribution is 1.96. The Morgan fingerprint density at radius 3 is 2.55 bits per heavy atom. The van der Waals surface area contributed by atoms with Crippen molar-refractivity contribution in [2.75, 3.05) is 13.1 Å². The van der Waals surface area contributed by atoms with Gasteiger partial charge in [0, 0.05) is 6.54 Å². The molecular formula is C8H18ClNS. The van der Waals surface area contributed by atoms with Crippen LogP contribution in [0.25, 0.3) is 0 Å². The first kappa shape index (κ1) is 13.9. The predicted molar refractivity (Wildman–Crippen MR) is 57.9 cm³/mol. The molecule has 1 N–H and O–H groups in total. The Hall–Kier alpha value is 0.340. The van der Waals surface area contributed by atoms with Gasteiger partial charge in [0.15, 0.2) is 0 Å². The summed E-state index contributed by atoms with van der Waals surface area (Å²) in [6, 6.07) is 0. The van der Waals surface area contributed by atoms with E-state index < -0.39 is 0 Å². The van der Waals surface area contributed by atoms with Crippen molar-refractivity contribution in [1.29, 1.82) is 0 Å². The third-order valence-electron chi connectivity index (χ3n) is 1.43. The van der Waals surface area contributed by atoms with Gasteiger partial charge in [-0.2, -0.15) is 0 Å². The molecule has 1 nitrogen and oxygen atoms in total. The molecule has 0 aliphatic rings. The molecule has 0 fully saturated rings. The molecule has 0 saturated heterocycles. The number of nitrogens with one attached hydrogen (secondary N) is 1. The van der Waals surface area contributed by atoms with Gasteiger partial charge < -0.3 is 5.32 Å². The Kier molecular flexibility index (Phi) is 16.4. The molecule has 0 aromatic rings. The van der Waals surface area contributed by atoms with Crippen molar-refractivity contribution in [1.82, 2.24) is 5.32 Å². The Balaban J connectivity index is 0. The molecule has 0 unspecified atom stereocenters. The van der Waals surface area contributed by atoms with Crippen molar-refractivity contribution in [3.63, 3.8) is 0 Å². The van der Waals surface area contributed by atoms with E-state index in [4.69, 9.17) is 0 Å². The van der Waals surface area contributed by atoms with Crippen LogP contribution in [0, 0.1) is 0 Å². The fourth-order valence-electron chi connectivity index (χ4n) is 0.838. The van der Waals surface area contributed by atoms with E-state index in [2.05, 4.69) is 24.5 Å². The number of hydrogen-bond donors (Lipinski definition) is 1. The first-order chi connectivity index (χ1) is 4.91. The molecule has 0 rings (SSSR count).